The van der Waals surface area contributed by atoms with E-state index in [1.807, 2.05) is 97.1 Å². The zero-order chi connectivity index (χ0) is 64.6. The zero-order valence-corrected chi connectivity index (χ0v) is 54.9. The van der Waals surface area contributed by atoms with Crippen LogP contribution in [0.2, 0.25) is 0 Å². The van der Waals surface area contributed by atoms with Crippen molar-refractivity contribution in [1.82, 2.24) is 0 Å². The van der Waals surface area contributed by atoms with Gasteiger partial charge in [0, 0.05) is 76.8 Å². The number of fused-ring (bicyclic) bond motifs is 8. The molecule has 0 saturated heterocycles. The van der Waals surface area contributed by atoms with Crippen LogP contribution in [0.5, 0.6) is 0 Å². The fraction of sp³-hybridized carbons (Fsp3) is 0.0115. The average Bonchev–Trinajstić information content (AvgIpc) is 0.700. The molecule has 0 bridgehead atoms. The van der Waals surface area contributed by atoms with E-state index in [0.29, 0.717) is 48.8 Å². The van der Waals surface area contributed by atoms with Crippen LogP contribution in [-0.2, 0) is 14.5 Å². The topological polar surface area (TPSA) is 74.8 Å². The van der Waals surface area contributed by atoms with Crippen LogP contribution in [0.1, 0.15) is 54.1 Å². The molecule has 14 aromatic carbocycles. The minimum atomic E-state index is -3.32. The van der Waals surface area contributed by atoms with E-state index < -0.39 is 27.8 Å². The maximum Gasteiger partial charge on any atom is 0.194 e. The molecule has 0 fully saturated rings. The molecule has 0 N–H and O–H groups in total. The largest absolute Gasteiger partial charge is 0.311 e. The lowest BCUT2D eigenvalue weighted by atomic mass is 9.62. The Hall–Kier alpha value is -11.3. The van der Waals surface area contributed by atoms with Crippen LogP contribution in [0, 0.1) is 0 Å². The maximum atomic E-state index is 15.3. The zero-order valence-electron chi connectivity index (χ0n) is 52.1. The smallest absolute Gasteiger partial charge is 0.194 e. The van der Waals surface area contributed by atoms with Crippen LogP contribution in [-0.4, -0.2) is 19.6 Å². The summed E-state index contributed by atoms with van der Waals surface area (Å²) in [7, 11) is -9.33. The molecule has 0 unspecified atom stereocenters. The van der Waals surface area contributed by atoms with Crippen molar-refractivity contribution >= 4 is 121 Å². The molecular weight excluding hydrogens is 1230 g/mol. The van der Waals surface area contributed by atoms with E-state index in [4.69, 9.17) is 0 Å². The third kappa shape index (κ3) is 8.64. The molecule has 6 nitrogen and oxygen atoms in total. The van der Waals surface area contributed by atoms with E-state index in [2.05, 4.69) is 252 Å². The van der Waals surface area contributed by atoms with Gasteiger partial charge in [0.2, 0.25) is 0 Å². The normalized spacial score (nSPS) is 15.1. The van der Waals surface area contributed by atoms with Crippen LogP contribution in [0.3, 0.4) is 0 Å². The minimum Gasteiger partial charge on any atom is -0.311 e. The number of hydrogen-bond donors (Lipinski definition) is 0. The number of carbonyl (C=O) groups excluding carboxylic acids is 2. The van der Waals surface area contributed by atoms with Crippen molar-refractivity contribution in [2.45, 2.75) is 5.41 Å². The van der Waals surface area contributed by atoms with E-state index in [1.165, 1.54) is 43.0 Å². The van der Waals surface area contributed by atoms with Crippen molar-refractivity contribution in [3.05, 3.63) is 408 Å². The Bertz CT molecular complexity index is 4870. The third-order valence-electron chi connectivity index (χ3n) is 19.9. The van der Waals surface area contributed by atoms with Gasteiger partial charge in [-0.05, 0) is 116 Å². The van der Waals surface area contributed by atoms with Gasteiger partial charge in [-0.25, -0.2) is 0 Å². The second-order valence-electron chi connectivity index (χ2n) is 24.7. The Labute approximate surface area is 559 Å². The van der Waals surface area contributed by atoms with E-state index in [0.717, 1.165) is 39.4 Å². The molecule has 0 aromatic heterocycles. The van der Waals surface area contributed by atoms with Crippen LogP contribution in [0.15, 0.2) is 364 Å². The molecule has 0 radical (unpaired) electrons. The molecule has 14 aromatic rings. The number of carbonyl (C=O) groups is 2. The highest BCUT2D eigenvalue weighted by Crippen LogP contribution is 2.58. The van der Waals surface area contributed by atoms with Gasteiger partial charge in [-0.15, -0.1) is 0 Å². The first-order chi connectivity index (χ1) is 47.3. The number of rotatable bonds is 8. The summed E-state index contributed by atoms with van der Waals surface area (Å²) in [5, 5.41) is 9.18. The average molecular weight is 1290 g/mol. The number of nitrogens with zero attached hydrogens (tertiary/aromatic N) is 2. The molecule has 4 aliphatic heterocycles. The monoisotopic (exact) mass is 1290 g/mol. The highest BCUT2D eigenvalue weighted by atomic mass is 31.2. The number of ketones is 2. The fourth-order valence-corrected chi connectivity index (χ4v) is 27.0. The van der Waals surface area contributed by atoms with Gasteiger partial charge in [0.15, 0.2) is 33.9 Å². The Morgan fingerprint density at radius 2 is 0.531 bits per heavy atom. The first kappa shape index (κ1) is 58.5. The van der Waals surface area contributed by atoms with E-state index in [9.17, 15) is 9.59 Å². The van der Waals surface area contributed by atoms with Crippen molar-refractivity contribution in [3.8, 4) is 0 Å². The summed E-state index contributed by atoms with van der Waals surface area (Å²) in [6.07, 6.45) is 0. The van der Waals surface area contributed by atoms with Gasteiger partial charge < -0.3 is 18.9 Å². The van der Waals surface area contributed by atoms with Gasteiger partial charge in [0.05, 0.1) is 16.8 Å². The molecule has 456 valence electrons. The maximum absolute atomic E-state index is 15.3. The summed E-state index contributed by atoms with van der Waals surface area (Å²) in [5.41, 5.74) is 12.7. The van der Waals surface area contributed by atoms with Gasteiger partial charge in [-0.3, -0.25) is 9.59 Å². The molecule has 0 amide bonds. The molecule has 4 aliphatic rings. The van der Waals surface area contributed by atoms with Crippen LogP contribution >= 0.6 is 14.3 Å². The first-order valence-electron chi connectivity index (χ1n) is 32.4. The lowest BCUT2D eigenvalue weighted by Gasteiger charge is -2.46. The van der Waals surface area contributed by atoms with Crippen LogP contribution < -0.4 is 62.4 Å². The fourth-order valence-electron chi connectivity index (χ4n) is 15.9. The number of benzene rings is 14. The van der Waals surface area contributed by atoms with Gasteiger partial charge in [-0.1, -0.05) is 291 Å². The minimum absolute atomic E-state index is 0.0738. The summed E-state index contributed by atoms with van der Waals surface area (Å²) in [5.74, 6) is -0.151. The van der Waals surface area contributed by atoms with Crippen molar-refractivity contribution in [3.63, 3.8) is 0 Å². The summed E-state index contributed by atoms with van der Waals surface area (Å²) in [6, 6.07) is 124. The van der Waals surface area contributed by atoms with Crippen LogP contribution in [0.25, 0.3) is 0 Å². The van der Waals surface area contributed by atoms with Crippen molar-refractivity contribution < 1.29 is 18.7 Å². The van der Waals surface area contributed by atoms with Crippen LogP contribution in [0.4, 0.5) is 34.1 Å². The third-order valence-corrected chi connectivity index (χ3v) is 31.1. The van der Waals surface area contributed by atoms with Crippen molar-refractivity contribution in [2.75, 3.05) is 9.80 Å². The quantitative estimate of drug-likeness (QED) is 0.111. The molecule has 0 saturated carbocycles. The number of para-hydroxylation sites is 4. The highest BCUT2D eigenvalue weighted by Gasteiger charge is 2.50. The van der Waals surface area contributed by atoms with Gasteiger partial charge in [0.1, 0.15) is 0 Å². The summed E-state index contributed by atoms with van der Waals surface area (Å²) >= 11 is 0. The number of anilines is 6. The molecule has 4 heterocycles. The standard InChI is InChI=1S/C44H30NO2P.C43H30NO2PSi/c46-43-35-19-7-13-25-41(35)48(47,42-26-14-8-20-36(42)43)34-29-27-33(28-30-34)45-39-23-11-9-21-37(39)44(31-15-3-1-4-16-31,32-17-5-2-6-18-32)38-22-10-12-24-40(38)45;45-43-35-19-7-11-23-39(35)47(46,40-24-12-8-20-36(40)43)32-29-27-31(28-30-32)44-37-21-9-13-25-41(37)48(33-15-3-1-4-16-33,34-17-5-2-6-18-34)42-26-14-10-22-38(42)44/h2*1-30H. The predicted octanol–water partition coefficient (Wildman–Crippen LogP) is 15.1. The molecule has 0 aliphatic carbocycles. The summed E-state index contributed by atoms with van der Waals surface area (Å²) in [6.45, 7) is 0. The SMILES string of the molecule is O=C1c2ccccc2P(=O)(c2ccc(N3c4ccccc4C(c4ccccc4)(c4ccccc4)c4ccccc43)cc2)c2ccccc21.O=C1c2ccccc2P(=O)(c2ccc(N3c4ccccc4[Si](c4ccccc4)(c4ccccc4)c4ccccc43)cc2)c2ccccc21. The second kappa shape index (κ2) is 23.3. The lowest BCUT2D eigenvalue weighted by Crippen LogP contribution is -2.77. The Kier molecular flexibility index (Phi) is 14.2. The lowest BCUT2D eigenvalue weighted by molar-refractivity contribution is 0.103. The van der Waals surface area contributed by atoms with Gasteiger partial charge in [0.25, 0.3) is 0 Å². The van der Waals surface area contributed by atoms with Crippen molar-refractivity contribution in [2.24, 2.45) is 0 Å². The Morgan fingerprint density at radius 3 is 0.885 bits per heavy atom. The second-order valence-corrected chi connectivity index (χ2v) is 33.8. The summed E-state index contributed by atoms with van der Waals surface area (Å²) < 4.78 is 30.7. The molecule has 18 rings (SSSR count). The van der Waals surface area contributed by atoms with E-state index in [-0.39, 0.29) is 11.6 Å². The number of hydrogen-bond acceptors (Lipinski definition) is 6. The predicted molar refractivity (Wildman–Crippen MR) is 397 cm³/mol. The molecule has 96 heavy (non-hydrogen) atoms. The van der Waals surface area contributed by atoms with E-state index in [1.54, 1.807) is 24.3 Å². The molecule has 0 spiro atoms. The van der Waals surface area contributed by atoms with E-state index >= 15 is 9.13 Å². The first-order valence-corrected chi connectivity index (χ1v) is 37.8. The highest BCUT2D eigenvalue weighted by molar-refractivity contribution is 7.86. The summed E-state index contributed by atoms with van der Waals surface area (Å²) in [4.78, 5) is 31.6. The molecule has 0 atom stereocenters. The van der Waals surface area contributed by atoms with Gasteiger partial charge in [-0.2, -0.15) is 0 Å². The molecular formula is C87H60N2O4P2Si. The Balaban J connectivity index is 0.000000145. The van der Waals surface area contributed by atoms with Gasteiger partial charge >= 0.3 is 0 Å². The molecule has 9 heteroatoms. The Morgan fingerprint density at radius 1 is 0.260 bits per heavy atom. The van der Waals surface area contributed by atoms with Crippen molar-refractivity contribution in [1.29, 1.82) is 0 Å².